The Labute approximate surface area is 447 Å². The minimum Gasteiger partial charge on any atom is -0.462 e. The molecule has 0 saturated heterocycles. The summed E-state index contributed by atoms with van der Waals surface area (Å²) in [4.78, 5) is 38.3. The second kappa shape index (κ2) is 60.7. The highest BCUT2D eigenvalue weighted by Crippen LogP contribution is 2.16. The fourth-order valence-electron chi connectivity index (χ4n) is 8.99. The summed E-state index contributed by atoms with van der Waals surface area (Å²) in [5.41, 5.74) is 0. The van der Waals surface area contributed by atoms with E-state index in [1.807, 2.05) is 0 Å². The summed E-state index contributed by atoms with van der Waals surface area (Å²) in [7, 11) is 0. The molecule has 0 N–H and O–H groups in total. The predicted octanol–water partition coefficient (Wildman–Crippen LogP) is 21.2. The third kappa shape index (κ3) is 58.0. The van der Waals surface area contributed by atoms with E-state index in [1.165, 1.54) is 193 Å². The third-order valence-electron chi connectivity index (χ3n) is 13.7. The molecular formula is C66H118O6. The first-order valence-corrected chi connectivity index (χ1v) is 31.3. The van der Waals surface area contributed by atoms with E-state index in [4.69, 9.17) is 14.2 Å². The Balaban J connectivity index is 4.41. The van der Waals surface area contributed by atoms with Crippen LogP contribution in [-0.2, 0) is 28.6 Å². The molecule has 0 fully saturated rings. The molecule has 0 rings (SSSR count). The van der Waals surface area contributed by atoms with Crippen LogP contribution < -0.4 is 0 Å². The number of hydrogen-bond donors (Lipinski definition) is 0. The van der Waals surface area contributed by atoms with Crippen LogP contribution in [0.25, 0.3) is 0 Å². The highest BCUT2D eigenvalue weighted by Gasteiger charge is 2.19. The molecule has 0 heterocycles. The van der Waals surface area contributed by atoms with Crippen molar-refractivity contribution in [3.8, 4) is 0 Å². The van der Waals surface area contributed by atoms with E-state index in [0.717, 1.165) is 89.9 Å². The maximum Gasteiger partial charge on any atom is 0.306 e. The van der Waals surface area contributed by atoms with Gasteiger partial charge in [-0.25, -0.2) is 0 Å². The van der Waals surface area contributed by atoms with Crippen molar-refractivity contribution >= 4 is 17.9 Å². The molecule has 0 saturated carbocycles. The van der Waals surface area contributed by atoms with E-state index >= 15 is 0 Å². The Morgan fingerprint density at radius 1 is 0.292 bits per heavy atom. The van der Waals surface area contributed by atoms with Gasteiger partial charge in [0.1, 0.15) is 13.2 Å². The Kier molecular flexibility index (Phi) is 58.2. The van der Waals surface area contributed by atoms with Crippen LogP contribution in [0.15, 0.2) is 60.8 Å². The smallest absolute Gasteiger partial charge is 0.306 e. The number of allylic oxidation sites excluding steroid dienone is 10. The Hall–Kier alpha value is -2.89. The highest BCUT2D eigenvalue weighted by molar-refractivity contribution is 5.71. The minimum atomic E-state index is -0.788. The average Bonchev–Trinajstić information content (AvgIpc) is 3.38. The molecule has 0 aromatic rings. The van der Waals surface area contributed by atoms with Gasteiger partial charge in [-0.15, -0.1) is 0 Å². The molecule has 0 aliphatic heterocycles. The zero-order chi connectivity index (χ0) is 52.2. The summed E-state index contributed by atoms with van der Waals surface area (Å²) in [6.45, 7) is 6.62. The first kappa shape index (κ1) is 69.1. The molecule has 0 radical (unpaired) electrons. The van der Waals surface area contributed by atoms with E-state index in [9.17, 15) is 14.4 Å². The molecule has 0 aliphatic carbocycles. The topological polar surface area (TPSA) is 78.9 Å². The number of unbranched alkanes of at least 4 members (excludes halogenated alkanes) is 37. The normalized spacial score (nSPS) is 12.4. The molecule has 0 amide bonds. The SMILES string of the molecule is CCCCC/C=C\C/C=C\CCCCCCCCCC(=O)OCC(COC(=O)CCCCCCCCC/C=C\CCCCCCCCCC)OC(=O)CCCCCCC/C=C\C=C/CCCCCCCCC. The molecule has 0 aliphatic rings. The van der Waals surface area contributed by atoms with Gasteiger partial charge in [0, 0.05) is 19.3 Å². The maximum absolute atomic E-state index is 12.9. The third-order valence-corrected chi connectivity index (χ3v) is 13.7. The van der Waals surface area contributed by atoms with Crippen molar-refractivity contribution in [1.82, 2.24) is 0 Å². The van der Waals surface area contributed by atoms with Gasteiger partial charge in [0.05, 0.1) is 0 Å². The van der Waals surface area contributed by atoms with Gasteiger partial charge < -0.3 is 14.2 Å². The van der Waals surface area contributed by atoms with Gasteiger partial charge in [0.15, 0.2) is 6.10 Å². The first-order valence-electron chi connectivity index (χ1n) is 31.3. The van der Waals surface area contributed by atoms with Crippen LogP contribution in [-0.4, -0.2) is 37.2 Å². The van der Waals surface area contributed by atoms with Crippen LogP contribution >= 0.6 is 0 Å². The number of hydrogen-bond acceptors (Lipinski definition) is 6. The number of carbonyl (C=O) groups excluding carboxylic acids is 3. The van der Waals surface area contributed by atoms with Crippen molar-refractivity contribution in [1.29, 1.82) is 0 Å². The van der Waals surface area contributed by atoms with E-state index in [-0.39, 0.29) is 31.1 Å². The minimum absolute atomic E-state index is 0.0841. The lowest BCUT2D eigenvalue weighted by molar-refractivity contribution is -0.167. The van der Waals surface area contributed by atoms with Gasteiger partial charge in [-0.2, -0.15) is 0 Å². The summed E-state index contributed by atoms with van der Waals surface area (Å²) in [5.74, 6) is -0.896. The van der Waals surface area contributed by atoms with Crippen molar-refractivity contribution in [2.24, 2.45) is 0 Å². The van der Waals surface area contributed by atoms with Crippen molar-refractivity contribution < 1.29 is 28.6 Å². The molecule has 0 spiro atoms. The standard InChI is InChI=1S/C66H118O6/c1-4-7-10-13-16-19-22-25-28-31-33-36-38-41-44-47-50-53-56-59-65(68)71-62-63(61-70-64(67)58-55-52-49-46-43-40-37-34-30-27-24-21-18-15-12-9-6-3)72-66(69)60-57-54-51-48-45-42-39-35-32-29-26-23-20-17-14-11-8-5-2/h18,21,27,29-33,35,39,63H,4-17,19-20,22-26,28,34,36-38,40-62H2,1-3H3/b21-18-,30-27-,32-29-,33-31-,39-35-. The van der Waals surface area contributed by atoms with Crippen LogP contribution in [0.2, 0.25) is 0 Å². The Morgan fingerprint density at radius 3 is 0.889 bits per heavy atom. The second-order valence-electron chi connectivity index (χ2n) is 21.0. The number of ether oxygens (including phenoxy) is 3. The van der Waals surface area contributed by atoms with E-state index in [1.54, 1.807) is 0 Å². The van der Waals surface area contributed by atoms with Crippen LogP contribution in [0.3, 0.4) is 0 Å². The number of carbonyl (C=O) groups is 3. The summed E-state index contributed by atoms with van der Waals surface area (Å²) < 4.78 is 16.9. The summed E-state index contributed by atoms with van der Waals surface area (Å²) in [5, 5.41) is 0. The fraction of sp³-hybridized carbons (Fsp3) is 0.803. The van der Waals surface area contributed by atoms with Gasteiger partial charge in [-0.05, 0) is 103 Å². The van der Waals surface area contributed by atoms with Gasteiger partial charge in [0.25, 0.3) is 0 Å². The van der Waals surface area contributed by atoms with Crippen LogP contribution in [0.4, 0.5) is 0 Å². The molecular weight excluding hydrogens is 889 g/mol. The van der Waals surface area contributed by atoms with Gasteiger partial charge in [-0.1, -0.05) is 261 Å². The number of rotatable bonds is 57. The van der Waals surface area contributed by atoms with Crippen LogP contribution in [0.5, 0.6) is 0 Å². The Morgan fingerprint density at radius 2 is 0.542 bits per heavy atom. The van der Waals surface area contributed by atoms with Crippen molar-refractivity contribution in [2.75, 3.05) is 13.2 Å². The molecule has 0 aromatic heterocycles. The van der Waals surface area contributed by atoms with E-state index in [0.29, 0.717) is 19.3 Å². The van der Waals surface area contributed by atoms with Crippen molar-refractivity contribution in [2.45, 2.75) is 329 Å². The largest absolute Gasteiger partial charge is 0.462 e. The Bertz CT molecular complexity index is 1290. The molecule has 0 bridgehead atoms. The molecule has 0 aromatic carbocycles. The molecule has 6 nitrogen and oxygen atoms in total. The number of esters is 3. The molecule has 1 atom stereocenters. The second-order valence-corrected chi connectivity index (χ2v) is 21.0. The zero-order valence-electron chi connectivity index (χ0n) is 47.9. The van der Waals surface area contributed by atoms with Crippen molar-refractivity contribution in [3.63, 3.8) is 0 Å². The van der Waals surface area contributed by atoms with E-state index < -0.39 is 6.10 Å². The van der Waals surface area contributed by atoms with Gasteiger partial charge in [0.2, 0.25) is 0 Å². The first-order chi connectivity index (χ1) is 35.5. The molecule has 72 heavy (non-hydrogen) atoms. The monoisotopic (exact) mass is 1010 g/mol. The lowest BCUT2D eigenvalue weighted by Crippen LogP contribution is -2.30. The van der Waals surface area contributed by atoms with Crippen LogP contribution in [0.1, 0.15) is 323 Å². The lowest BCUT2D eigenvalue weighted by atomic mass is 10.1. The van der Waals surface area contributed by atoms with Crippen molar-refractivity contribution in [3.05, 3.63) is 60.8 Å². The summed E-state index contributed by atoms with van der Waals surface area (Å²) >= 11 is 0. The zero-order valence-corrected chi connectivity index (χ0v) is 47.9. The lowest BCUT2D eigenvalue weighted by Gasteiger charge is -2.18. The predicted molar refractivity (Wildman–Crippen MR) is 312 cm³/mol. The molecule has 1 unspecified atom stereocenters. The maximum atomic E-state index is 12.9. The fourth-order valence-corrected chi connectivity index (χ4v) is 8.99. The summed E-state index contributed by atoms with van der Waals surface area (Å²) in [6, 6.07) is 0. The van der Waals surface area contributed by atoms with Crippen LogP contribution in [0, 0.1) is 0 Å². The summed E-state index contributed by atoms with van der Waals surface area (Å²) in [6.07, 6.45) is 76.4. The highest BCUT2D eigenvalue weighted by atomic mass is 16.6. The molecule has 418 valence electrons. The van der Waals surface area contributed by atoms with Gasteiger partial charge >= 0.3 is 17.9 Å². The average molecular weight is 1010 g/mol. The molecule has 6 heteroatoms. The van der Waals surface area contributed by atoms with E-state index in [2.05, 4.69) is 81.5 Å². The van der Waals surface area contributed by atoms with Gasteiger partial charge in [-0.3, -0.25) is 14.4 Å². The quantitative estimate of drug-likeness (QED) is 0.0199.